The molecule has 3 heteroatoms. The van der Waals surface area contributed by atoms with E-state index in [-0.39, 0.29) is 5.91 Å². The molecule has 2 N–H and O–H groups in total. The van der Waals surface area contributed by atoms with Crippen LogP contribution < -0.4 is 10.6 Å². The predicted molar refractivity (Wildman–Crippen MR) is 89.3 cm³/mol. The fourth-order valence-electron chi connectivity index (χ4n) is 3.44. The number of hydrogen-bond acceptors (Lipinski definition) is 2. The monoisotopic (exact) mass is 294 g/mol. The van der Waals surface area contributed by atoms with Crippen LogP contribution in [0.15, 0.2) is 36.4 Å². The molecule has 4 rings (SSSR count). The van der Waals surface area contributed by atoms with Crippen molar-refractivity contribution in [1.29, 1.82) is 0 Å². The molecular formula is C19H22N2O. The van der Waals surface area contributed by atoms with Crippen LogP contribution in [-0.2, 0) is 0 Å². The van der Waals surface area contributed by atoms with E-state index in [0.29, 0.717) is 12.0 Å². The van der Waals surface area contributed by atoms with Crippen molar-refractivity contribution < 1.29 is 4.79 Å². The third-order valence-electron chi connectivity index (χ3n) is 4.87. The molecule has 2 aromatic rings. The quantitative estimate of drug-likeness (QED) is 0.912. The first kappa shape index (κ1) is 13.8. The van der Waals surface area contributed by atoms with E-state index in [1.807, 2.05) is 12.1 Å². The van der Waals surface area contributed by atoms with Gasteiger partial charge in [-0.3, -0.25) is 4.79 Å². The number of benzene rings is 2. The molecule has 2 aliphatic rings. The highest BCUT2D eigenvalue weighted by Crippen LogP contribution is 2.32. The second-order valence-electron chi connectivity index (χ2n) is 6.56. The summed E-state index contributed by atoms with van der Waals surface area (Å²) in [4.78, 5) is 12.2. The van der Waals surface area contributed by atoms with Gasteiger partial charge in [-0.2, -0.15) is 0 Å². The Morgan fingerprint density at radius 2 is 1.86 bits per heavy atom. The van der Waals surface area contributed by atoms with Crippen molar-refractivity contribution >= 4 is 16.7 Å². The van der Waals surface area contributed by atoms with Gasteiger partial charge in [-0.25, -0.2) is 0 Å². The lowest BCUT2D eigenvalue weighted by atomic mass is 9.86. The minimum Gasteiger partial charge on any atom is -0.349 e. The lowest BCUT2D eigenvalue weighted by Gasteiger charge is -2.24. The molecule has 22 heavy (non-hydrogen) atoms. The van der Waals surface area contributed by atoms with Crippen molar-refractivity contribution in [1.82, 2.24) is 10.6 Å². The van der Waals surface area contributed by atoms with Crippen LogP contribution in [0.4, 0.5) is 0 Å². The first-order valence-electron chi connectivity index (χ1n) is 8.35. The van der Waals surface area contributed by atoms with Crippen molar-refractivity contribution in [2.75, 3.05) is 13.1 Å². The summed E-state index contributed by atoms with van der Waals surface area (Å²) >= 11 is 0. The minimum absolute atomic E-state index is 0.0664. The molecule has 1 aliphatic heterocycles. The fraction of sp³-hybridized carbons (Fsp3) is 0.421. The maximum Gasteiger partial charge on any atom is 0.251 e. The summed E-state index contributed by atoms with van der Waals surface area (Å²) in [7, 11) is 0. The lowest BCUT2D eigenvalue weighted by molar-refractivity contribution is 0.0951. The molecule has 0 unspecified atom stereocenters. The van der Waals surface area contributed by atoms with Gasteiger partial charge in [0.2, 0.25) is 0 Å². The topological polar surface area (TPSA) is 41.1 Å². The number of carbonyl (C=O) groups is 1. The first-order valence-corrected chi connectivity index (χ1v) is 8.35. The zero-order valence-corrected chi connectivity index (χ0v) is 12.8. The molecule has 0 atom stereocenters. The van der Waals surface area contributed by atoms with Gasteiger partial charge < -0.3 is 10.6 Å². The van der Waals surface area contributed by atoms with Gasteiger partial charge in [0.25, 0.3) is 5.91 Å². The SMILES string of the molecule is O=C(NC1CC1)c1ccc2c(C3CCNCC3)cccc2c1. The Bertz CT molecular complexity index is 700. The zero-order valence-electron chi connectivity index (χ0n) is 12.8. The van der Waals surface area contributed by atoms with Crippen LogP contribution in [0, 0.1) is 0 Å². The first-order chi connectivity index (χ1) is 10.8. The summed E-state index contributed by atoms with van der Waals surface area (Å²) < 4.78 is 0. The summed E-state index contributed by atoms with van der Waals surface area (Å²) in [6.45, 7) is 2.20. The number of rotatable bonds is 3. The zero-order chi connectivity index (χ0) is 14.9. The normalized spacial score (nSPS) is 19.3. The maximum atomic E-state index is 12.2. The molecule has 1 aliphatic carbocycles. The van der Waals surface area contributed by atoms with E-state index >= 15 is 0 Å². The summed E-state index contributed by atoms with van der Waals surface area (Å²) in [6.07, 6.45) is 4.64. The number of hydrogen-bond donors (Lipinski definition) is 2. The highest BCUT2D eigenvalue weighted by atomic mass is 16.1. The third kappa shape index (κ3) is 2.73. The van der Waals surface area contributed by atoms with E-state index < -0.39 is 0 Å². The van der Waals surface area contributed by atoms with Gasteiger partial charge in [-0.15, -0.1) is 0 Å². The summed E-state index contributed by atoms with van der Waals surface area (Å²) in [5.41, 5.74) is 2.22. The van der Waals surface area contributed by atoms with Crippen molar-refractivity contribution in [3.05, 3.63) is 47.5 Å². The van der Waals surface area contributed by atoms with Crippen molar-refractivity contribution in [2.24, 2.45) is 0 Å². The second-order valence-corrected chi connectivity index (χ2v) is 6.56. The molecule has 1 heterocycles. The van der Waals surface area contributed by atoms with E-state index in [0.717, 1.165) is 31.5 Å². The second kappa shape index (κ2) is 5.73. The van der Waals surface area contributed by atoms with Gasteiger partial charge in [-0.1, -0.05) is 24.3 Å². The van der Waals surface area contributed by atoms with Crippen LogP contribution in [-0.4, -0.2) is 25.0 Å². The van der Waals surface area contributed by atoms with Crippen LogP contribution in [0.1, 0.15) is 47.5 Å². The van der Waals surface area contributed by atoms with Crippen LogP contribution in [0.3, 0.4) is 0 Å². The Labute approximate surface area is 131 Å². The highest BCUT2D eigenvalue weighted by molar-refractivity contribution is 5.99. The molecule has 2 fully saturated rings. The highest BCUT2D eigenvalue weighted by Gasteiger charge is 2.24. The van der Waals surface area contributed by atoms with E-state index in [1.165, 1.54) is 29.2 Å². The van der Waals surface area contributed by atoms with E-state index in [9.17, 15) is 4.79 Å². The fourth-order valence-corrected chi connectivity index (χ4v) is 3.44. The molecule has 0 radical (unpaired) electrons. The van der Waals surface area contributed by atoms with Gasteiger partial charge in [0.05, 0.1) is 0 Å². The van der Waals surface area contributed by atoms with Gasteiger partial charge in [0.15, 0.2) is 0 Å². The molecule has 1 saturated heterocycles. The van der Waals surface area contributed by atoms with Crippen molar-refractivity contribution in [3.8, 4) is 0 Å². The average Bonchev–Trinajstić information content (AvgIpc) is 3.38. The van der Waals surface area contributed by atoms with Crippen LogP contribution in [0.5, 0.6) is 0 Å². The molecular weight excluding hydrogens is 272 g/mol. The molecule has 2 aromatic carbocycles. The van der Waals surface area contributed by atoms with E-state index in [4.69, 9.17) is 0 Å². The number of fused-ring (bicyclic) bond motifs is 1. The largest absolute Gasteiger partial charge is 0.349 e. The van der Waals surface area contributed by atoms with Gasteiger partial charge in [0, 0.05) is 11.6 Å². The van der Waals surface area contributed by atoms with Crippen LogP contribution in [0.2, 0.25) is 0 Å². The van der Waals surface area contributed by atoms with Crippen LogP contribution in [0.25, 0.3) is 10.8 Å². The van der Waals surface area contributed by atoms with Gasteiger partial charge in [-0.05, 0) is 73.2 Å². The third-order valence-corrected chi connectivity index (χ3v) is 4.87. The maximum absolute atomic E-state index is 12.2. The summed E-state index contributed by atoms with van der Waals surface area (Å²) in [5, 5.41) is 8.98. The molecule has 1 saturated carbocycles. The lowest BCUT2D eigenvalue weighted by Crippen LogP contribution is -2.26. The number of carbonyl (C=O) groups excluding carboxylic acids is 1. The molecule has 1 amide bonds. The predicted octanol–water partition coefficient (Wildman–Crippen LogP) is 3.20. The average molecular weight is 294 g/mol. The van der Waals surface area contributed by atoms with E-state index in [1.54, 1.807) is 0 Å². The van der Waals surface area contributed by atoms with Gasteiger partial charge >= 0.3 is 0 Å². The molecule has 0 aromatic heterocycles. The van der Waals surface area contributed by atoms with Crippen LogP contribution >= 0.6 is 0 Å². The Balaban J connectivity index is 1.66. The molecule has 0 spiro atoms. The molecule has 114 valence electrons. The van der Waals surface area contributed by atoms with E-state index in [2.05, 4.69) is 34.9 Å². The minimum atomic E-state index is 0.0664. The smallest absolute Gasteiger partial charge is 0.251 e. The molecule has 3 nitrogen and oxygen atoms in total. The Hall–Kier alpha value is -1.87. The summed E-state index contributed by atoms with van der Waals surface area (Å²) in [6, 6.07) is 13.1. The number of amides is 1. The number of nitrogens with one attached hydrogen (secondary N) is 2. The standard InChI is InChI=1S/C19H22N2O/c22-19(21-16-5-6-16)15-4-7-18-14(12-15)2-1-3-17(18)13-8-10-20-11-9-13/h1-4,7,12-13,16,20H,5-6,8-11H2,(H,21,22). The van der Waals surface area contributed by atoms with Crippen molar-refractivity contribution in [3.63, 3.8) is 0 Å². The Morgan fingerprint density at radius 1 is 1.05 bits per heavy atom. The Kier molecular flexibility index (Phi) is 3.59. The Morgan fingerprint density at radius 3 is 2.64 bits per heavy atom. The van der Waals surface area contributed by atoms with Gasteiger partial charge in [0.1, 0.15) is 0 Å². The molecule has 0 bridgehead atoms. The summed E-state index contributed by atoms with van der Waals surface area (Å²) in [5.74, 6) is 0.702. The number of piperidine rings is 1. The van der Waals surface area contributed by atoms with Crippen molar-refractivity contribution in [2.45, 2.75) is 37.6 Å².